The van der Waals surface area contributed by atoms with Gasteiger partial charge in [0.05, 0.1) is 17.5 Å². The molecule has 4 aromatic rings. The van der Waals surface area contributed by atoms with Gasteiger partial charge in [-0.05, 0) is 89.4 Å². The number of rotatable bonds is 15. The minimum Gasteiger partial charge on any atom is -0.364 e. The third kappa shape index (κ3) is 8.41. The fourth-order valence-electron chi connectivity index (χ4n) is 8.54. The lowest BCUT2D eigenvalue weighted by Crippen LogP contribution is -2.40. The van der Waals surface area contributed by atoms with Gasteiger partial charge in [-0.25, -0.2) is 0 Å². The Morgan fingerprint density at radius 2 is 1.21 bits per heavy atom. The molecule has 2 heterocycles. The number of hydrogen-bond donors (Lipinski definition) is 2. The molecule has 0 amide bonds. The predicted molar refractivity (Wildman–Crippen MR) is 219 cm³/mol. The first kappa shape index (κ1) is 38.8. The maximum atomic E-state index is 11.4. The molecule has 0 aromatic heterocycles. The summed E-state index contributed by atoms with van der Waals surface area (Å²) in [7, 11) is -7.99. The van der Waals surface area contributed by atoms with Gasteiger partial charge in [-0.1, -0.05) is 113 Å². The number of hydrogen-bond acceptors (Lipinski definition) is 6. The van der Waals surface area contributed by atoms with Gasteiger partial charge in [-0.2, -0.15) is 16.8 Å². The Labute approximate surface area is 315 Å². The minimum absolute atomic E-state index is 0.0853. The Bertz CT molecular complexity index is 2290. The SMILES string of the molecule is CC1(C)C(=C/C=C/CC/C=C/C2N(CCCCS(=O)(=O)O)c3ccc4ccccc4c3C2(C)C)N(CCCCS(=O)(=O)O)c2ccc3ccccc3c21. The van der Waals surface area contributed by atoms with E-state index in [2.05, 4.69) is 141 Å². The quantitative estimate of drug-likeness (QED) is 0.0701. The van der Waals surface area contributed by atoms with E-state index in [9.17, 15) is 25.9 Å². The first-order valence-electron chi connectivity index (χ1n) is 18.6. The highest BCUT2D eigenvalue weighted by Gasteiger charge is 2.44. The largest absolute Gasteiger partial charge is 0.364 e. The average molecular weight is 757 g/mol. The van der Waals surface area contributed by atoms with E-state index in [0.29, 0.717) is 38.8 Å². The third-order valence-electron chi connectivity index (χ3n) is 11.0. The number of nitrogens with zero attached hydrogens (tertiary/aromatic N) is 2. The van der Waals surface area contributed by atoms with Crippen LogP contribution in [-0.4, -0.2) is 56.6 Å². The van der Waals surface area contributed by atoms with E-state index in [-0.39, 0.29) is 28.4 Å². The summed E-state index contributed by atoms with van der Waals surface area (Å²) in [5.74, 6) is -0.475. The van der Waals surface area contributed by atoms with Crippen LogP contribution in [0, 0.1) is 0 Å². The summed E-state index contributed by atoms with van der Waals surface area (Å²) in [6.07, 6.45) is 14.8. The number of anilines is 2. The van der Waals surface area contributed by atoms with Crippen LogP contribution in [0.25, 0.3) is 21.5 Å². The van der Waals surface area contributed by atoms with Gasteiger partial charge in [0.25, 0.3) is 20.2 Å². The summed E-state index contributed by atoms with van der Waals surface area (Å²) in [5, 5.41) is 4.84. The van der Waals surface area contributed by atoms with Crippen molar-refractivity contribution in [1.82, 2.24) is 0 Å². The molecule has 0 aliphatic carbocycles. The lowest BCUT2D eigenvalue weighted by molar-refractivity contribution is 0.467. The Morgan fingerprint density at radius 3 is 1.83 bits per heavy atom. The Balaban J connectivity index is 1.19. The molecule has 0 radical (unpaired) electrons. The molecule has 282 valence electrons. The van der Waals surface area contributed by atoms with Gasteiger partial charge in [-0.3, -0.25) is 9.11 Å². The van der Waals surface area contributed by atoms with Crippen molar-refractivity contribution in [3.8, 4) is 0 Å². The number of unbranched alkanes of at least 4 members (excludes halogenated alkanes) is 3. The van der Waals surface area contributed by atoms with E-state index in [0.717, 1.165) is 24.2 Å². The fraction of sp³-hybridized carbons (Fsp3) is 0.395. The summed E-state index contributed by atoms with van der Waals surface area (Å²) in [6, 6.07) is 25.6. The highest BCUT2D eigenvalue weighted by molar-refractivity contribution is 7.86. The molecule has 1 atom stereocenters. The molecular formula is C43H52N2O6S2. The molecular weight excluding hydrogens is 705 g/mol. The summed E-state index contributed by atoms with van der Waals surface area (Å²) in [5.41, 5.74) is 5.58. The summed E-state index contributed by atoms with van der Waals surface area (Å²) >= 11 is 0. The minimum atomic E-state index is -4.00. The van der Waals surface area contributed by atoms with Crippen molar-refractivity contribution in [3.63, 3.8) is 0 Å². The van der Waals surface area contributed by atoms with Crippen LogP contribution in [0.5, 0.6) is 0 Å². The standard InChI is InChI=1S/C43H52N2O6S2/c1-42(2)38(44(28-14-16-30-52(46,47)48)36-26-24-32-18-10-12-20-34(32)40(36)42)22-8-6-5-7-9-23-39-43(3,4)41-35-21-13-11-19-33(35)25-27-37(41)45(39)29-15-17-31-53(49,50)51/h6,8-13,18-27,39H,5,7,14-17,28-31H2,1-4H3,(H,46,47,48)(H,49,50,51)/b8-6+,23-9+,38-22?. The van der Waals surface area contributed by atoms with Crippen molar-refractivity contribution in [1.29, 1.82) is 0 Å². The second-order valence-corrected chi connectivity index (χ2v) is 18.6. The van der Waals surface area contributed by atoms with Crippen LogP contribution in [-0.2, 0) is 31.1 Å². The average Bonchev–Trinajstić information content (AvgIpc) is 3.45. The number of allylic oxidation sites excluding steroid dienone is 5. The van der Waals surface area contributed by atoms with Crippen LogP contribution in [0.4, 0.5) is 11.4 Å². The zero-order chi connectivity index (χ0) is 38.0. The summed E-state index contributed by atoms with van der Waals surface area (Å²) in [4.78, 5) is 4.71. The lowest BCUT2D eigenvalue weighted by Gasteiger charge is -2.32. The van der Waals surface area contributed by atoms with E-state index in [1.54, 1.807) is 0 Å². The smallest absolute Gasteiger partial charge is 0.264 e. The summed E-state index contributed by atoms with van der Waals surface area (Å²) < 4.78 is 64.1. The first-order chi connectivity index (χ1) is 25.1. The Morgan fingerprint density at radius 1 is 0.660 bits per heavy atom. The van der Waals surface area contributed by atoms with Crippen molar-refractivity contribution < 1.29 is 25.9 Å². The molecule has 0 spiro atoms. The van der Waals surface area contributed by atoms with Crippen molar-refractivity contribution in [2.75, 3.05) is 34.4 Å². The van der Waals surface area contributed by atoms with E-state index >= 15 is 0 Å². The molecule has 53 heavy (non-hydrogen) atoms. The normalized spacial score (nSPS) is 19.0. The molecule has 0 fully saturated rings. The topological polar surface area (TPSA) is 115 Å². The van der Waals surface area contributed by atoms with E-state index in [4.69, 9.17) is 0 Å². The van der Waals surface area contributed by atoms with Crippen molar-refractivity contribution >= 4 is 53.2 Å². The predicted octanol–water partition coefficient (Wildman–Crippen LogP) is 9.37. The molecule has 0 saturated heterocycles. The van der Waals surface area contributed by atoms with Crippen LogP contribution >= 0.6 is 0 Å². The molecule has 10 heteroatoms. The maximum Gasteiger partial charge on any atom is 0.264 e. The van der Waals surface area contributed by atoms with Gasteiger partial charge in [0, 0.05) is 41.0 Å². The van der Waals surface area contributed by atoms with Crippen LogP contribution in [0.15, 0.2) is 109 Å². The Kier molecular flexibility index (Phi) is 11.3. The molecule has 0 saturated carbocycles. The maximum absolute atomic E-state index is 11.4. The fourth-order valence-corrected chi connectivity index (χ4v) is 9.68. The van der Waals surface area contributed by atoms with Gasteiger partial charge < -0.3 is 9.80 Å². The zero-order valence-electron chi connectivity index (χ0n) is 31.2. The molecule has 2 aliphatic rings. The van der Waals surface area contributed by atoms with Crippen molar-refractivity contribution in [2.24, 2.45) is 0 Å². The van der Waals surface area contributed by atoms with Gasteiger partial charge >= 0.3 is 0 Å². The van der Waals surface area contributed by atoms with E-state index < -0.39 is 20.2 Å². The van der Waals surface area contributed by atoms with Crippen LogP contribution in [0.1, 0.15) is 77.3 Å². The highest BCUT2D eigenvalue weighted by atomic mass is 32.2. The second kappa shape index (κ2) is 15.4. The molecule has 2 N–H and O–H groups in total. The molecule has 8 nitrogen and oxygen atoms in total. The Hall–Kier alpha value is -3.96. The van der Waals surface area contributed by atoms with Gasteiger partial charge in [0.1, 0.15) is 0 Å². The third-order valence-corrected chi connectivity index (χ3v) is 12.6. The zero-order valence-corrected chi connectivity index (χ0v) is 32.8. The molecule has 1 unspecified atom stereocenters. The van der Waals surface area contributed by atoms with E-state index in [1.807, 2.05) is 0 Å². The van der Waals surface area contributed by atoms with Crippen LogP contribution in [0.2, 0.25) is 0 Å². The van der Waals surface area contributed by atoms with Crippen LogP contribution in [0.3, 0.4) is 0 Å². The summed E-state index contributed by atoms with van der Waals surface area (Å²) in [6.45, 7) is 10.4. The number of benzene rings is 4. The van der Waals surface area contributed by atoms with Gasteiger partial charge in [0.15, 0.2) is 0 Å². The lowest BCUT2D eigenvalue weighted by atomic mass is 9.78. The van der Waals surface area contributed by atoms with Crippen molar-refractivity contribution in [3.05, 3.63) is 120 Å². The second-order valence-electron chi connectivity index (χ2n) is 15.5. The van der Waals surface area contributed by atoms with Gasteiger partial charge in [-0.15, -0.1) is 0 Å². The van der Waals surface area contributed by atoms with Crippen molar-refractivity contribution in [2.45, 2.75) is 83.1 Å². The van der Waals surface area contributed by atoms with E-state index in [1.165, 1.54) is 38.4 Å². The van der Waals surface area contributed by atoms with Crippen LogP contribution < -0.4 is 9.80 Å². The molecule has 4 aromatic carbocycles. The van der Waals surface area contributed by atoms with Gasteiger partial charge in [0.2, 0.25) is 0 Å². The molecule has 0 bridgehead atoms. The molecule has 6 rings (SSSR count). The molecule has 2 aliphatic heterocycles. The number of fused-ring (bicyclic) bond motifs is 6. The monoisotopic (exact) mass is 756 g/mol. The highest BCUT2D eigenvalue weighted by Crippen LogP contribution is 2.51. The first-order valence-corrected chi connectivity index (χ1v) is 21.8.